The van der Waals surface area contributed by atoms with Gasteiger partial charge in [-0.2, -0.15) is 5.01 Å². The molecule has 2 aromatic rings. The third-order valence-corrected chi connectivity index (χ3v) is 4.42. The lowest BCUT2D eigenvalue weighted by atomic mass is 10.2. The third kappa shape index (κ3) is 3.50. The standard InChI is InChI=1S/C16H10FN3O2S2/c17-12-3-1-11(2-4-12)14(21)19-20-15(22)13(24-16(20)23)9-10-5-7-18-8-6-10/h1-9H,(H,19,21)/b13-9-. The number of hydrazine groups is 1. The molecular formula is C16H10FN3O2S2. The van der Waals surface area contributed by atoms with Gasteiger partial charge in [0.1, 0.15) is 5.82 Å². The number of nitrogens with zero attached hydrogens (tertiary/aromatic N) is 2. The number of thioether (sulfide) groups is 1. The lowest BCUT2D eigenvalue weighted by Crippen LogP contribution is -2.44. The van der Waals surface area contributed by atoms with Crippen LogP contribution in [0.5, 0.6) is 0 Å². The third-order valence-electron chi connectivity index (χ3n) is 3.12. The van der Waals surface area contributed by atoms with Crippen LogP contribution in [0.25, 0.3) is 6.08 Å². The highest BCUT2D eigenvalue weighted by molar-refractivity contribution is 8.26. The molecule has 2 amide bonds. The lowest BCUT2D eigenvalue weighted by Gasteiger charge is -2.15. The van der Waals surface area contributed by atoms with Crippen LogP contribution in [0.2, 0.25) is 0 Å². The van der Waals surface area contributed by atoms with Gasteiger partial charge >= 0.3 is 0 Å². The van der Waals surface area contributed by atoms with Crippen molar-refractivity contribution in [1.82, 2.24) is 15.4 Å². The second-order valence-corrected chi connectivity index (χ2v) is 6.42. The molecule has 8 heteroatoms. The van der Waals surface area contributed by atoms with E-state index in [4.69, 9.17) is 12.2 Å². The molecule has 24 heavy (non-hydrogen) atoms. The molecule has 120 valence electrons. The van der Waals surface area contributed by atoms with Crippen molar-refractivity contribution in [3.63, 3.8) is 0 Å². The average Bonchev–Trinajstić information content (AvgIpc) is 2.84. The number of hydrogen-bond acceptors (Lipinski definition) is 5. The average molecular weight is 359 g/mol. The molecule has 1 aliphatic rings. The second-order valence-electron chi connectivity index (χ2n) is 4.75. The van der Waals surface area contributed by atoms with Gasteiger partial charge < -0.3 is 0 Å². The van der Waals surface area contributed by atoms with Crippen molar-refractivity contribution in [1.29, 1.82) is 0 Å². The molecule has 1 N–H and O–H groups in total. The molecule has 2 heterocycles. The molecule has 1 aromatic heterocycles. The van der Waals surface area contributed by atoms with Crippen LogP contribution in [0.15, 0.2) is 53.7 Å². The number of carbonyl (C=O) groups is 2. The minimum atomic E-state index is -0.545. The van der Waals surface area contributed by atoms with E-state index in [-0.39, 0.29) is 9.88 Å². The van der Waals surface area contributed by atoms with Crippen LogP contribution in [0, 0.1) is 5.82 Å². The van der Waals surface area contributed by atoms with E-state index < -0.39 is 17.6 Å². The zero-order valence-electron chi connectivity index (χ0n) is 12.1. The van der Waals surface area contributed by atoms with Gasteiger partial charge in [0.05, 0.1) is 4.91 Å². The van der Waals surface area contributed by atoms with Crippen molar-refractivity contribution in [2.45, 2.75) is 0 Å². The maximum absolute atomic E-state index is 12.9. The SMILES string of the molecule is O=C(NN1C(=O)/C(=C/c2ccncc2)SC1=S)c1ccc(F)cc1. The molecule has 1 aliphatic heterocycles. The number of carbonyl (C=O) groups excluding carboxylic acids is 2. The molecule has 0 saturated carbocycles. The maximum atomic E-state index is 12.9. The van der Waals surface area contributed by atoms with Crippen LogP contribution in [0.1, 0.15) is 15.9 Å². The fraction of sp³-hybridized carbons (Fsp3) is 0. The zero-order chi connectivity index (χ0) is 17.1. The second kappa shape index (κ2) is 6.90. The minimum absolute atomic E-state index is 0.218. The first-order chi connectivity index (χ1) is 11.5. The van der Waals surface area contributed by atoms with E-state index in [1.54, 1.807) is 30.6 Å². The van der Waals surface area contributed by atoms with Crippen LogP contribution in [-0.4, -0.2) is 26.1 Å². The molecule has 0 spiro atoms. The highest BCUT2D eigenvalue weighted by Crippen LogP contribution is 2.31. The number of nitrogens with one attached hydrogen (secondary N) is 1. The first kappa shape index (κ1) is 16.3. The largest absolute Gasteiger partial charge is 0.285 e. The summed E-state index contributed by atoms with van der Waals surface area (Å²) in [4.78, 5) is 28.8. The maximum Gasteiger partial charge on any atom is 0.285 e. The number of amides is 2. The van der Waals surface area contributed by atoms with E-state index >= 15 is 0 Å². The summed E-state index contributed by atoms with van der Waals surface area (Å²) in [5, 5.41) is 1.01. The molecule has 1 fully saturated rings. The normalized spacial score (nSPS) is 15.9. The van der Waals surface area contributed by atoms with Crippen molar-refractivity contribution in [3.05, 3.63) is 70.6 Å². The van der Waals surface area contributed by atoms with Gasteiger partial charge in [-0.15, -0.1) is 0 Å². The molecule has 0 unspecified atom stereocenters. The molecule has 3 rings (SSSR count). The van der Waals surface area contributed by atoms with Gasteiger partial charge in [0.15, 0.2) is 4.32 Å². The van der Waals surface area contributed by atoms with Gasteiger partial charge in [0.25, 0.3) is 11.8 Å². The predicted octanol–water partition coefficient (Wildman–Crippen LogP) is 2.77. The quantitative estimate of drug-likeness (QED) is 0.674. The number of pyridine rings is 1. The van der Waals surface area contributed by atoms with Crippen molar-refractivity contribution in [2.24, 2.45) is 0 Å². The van der Waals surface area contributed by atoms with E-state index in [2.05, 4.69) is 10.4 Å². The van der Waals surface area contributed by atoms with E-state index in [0.29, 0.717) is 4.91 Å². The number of halogens is 1. The Morgan fingerprint density at radius 3 is 2.54 bits per heavy atom. The summed E-state index contributed by atoms with van der Waals surface area (Å²) >= 11 is 6.23. The smallest absolute Gasteiger partial charge is 0.267 e. The Bertz CT molecular complexity index is 838. The van der Waals surface area contributed by atoms with Crippen molar-refractivity contribution < 1.29 is 14.0 Å². The summed E-state index contributed by atoms with van der Waals surface area (Å²) in [6.07, 6.45) is 4.90. The summed E-state index contributed by atoms with van der Waals surface area (Å²) in [6, 6.07) is 8.50. The topological polar surface area (TPSA) is 62.3 Å². The summed E-state index contributed by atoms with van der Waals surface area (Å²) in [5.41, 5.74) is 3.46. The highest BCUT2D eigenvalue weighted by atomic mass is 32.2. The van der Waals surface area contributed by atoms with E-state index in [1.165, 1.54) is 24.3 Å². The van der Waals surface area contributed by atoms with Gasteiger partial charge in [0.2, 0.25) is 0 Å². The number of rotatable bonds is 3. The summed E-state index contributed by atoms with van der Waals surface area (Å²) in [7, 11) is 0. The van der Waals surface area contributed by atoms with Crippen LogP contribution in [-0.2, 0) is 4.79 Å². The highest BCUT2D eigenvalue weighted by Gasteiger charge is 2.33. The molecule has 0 atom stereocenters. The van der Waals surface area contributed by atoms with Crippen LogP contribution in [0.3, 0.4) is 0 Å². The summed E-state index contributed by atoms with van der Waals surface area (Å²) in [6.45, 7) is 0. The minimum Gasteiger partial charge on any atom is -0.267 e. The Hall–Kier alpha value is -2.58. The Labute approximate surface area is 146 Å². The van der Waals surface area contributed by atoms with Crippen molar-refractivity contribution >= 4 is 46.2 Å². The Morgan fingerprint density at radius 1 is 1.21 bits per heavy atom. The van der Waals surface area contributed by atoms with Crippen LogP contribution >= 0.6 is 24.0 Å². The van der Waals surface area contributed by atoms with Crippen molar-refractivity contribution in [3.8, 4) is 0 Å². The fourth-order valence-electron chi connectivity index (χ4n) is 1.94. The van der Waals surface area contributed by atoms with E-state index in [9.17, 15) is 14.0 Å². The molecule has 0 radical (unpaired) electrons. The number of aromatic nitrogens is 1. The first-order valence-corrected chi connectivity index (χ1v) is 8.01. The number of thiocarbonyl (C=S) groups is 1. The Balaban J connectivity index is 1.76. The van der Waals surface area contributed by atoms with Gasteiger partial charge in [-0.05, 0) is 60.3 Å². The summed E-state index contributed by atoms with van der Waals surface area (Å²) < 4.78 is 13.1. The number of benzene rings is 1. The molecule has 0 aliphatic carbocycles. The van der Waals surface area contributed by atoms with Gasteiger partial charge in [-0.3, -0.25) is 20.0 Å². The monoisotopic (exact) mass is 359 g/mol. The molecule has 5 nitrogen and oxygen atoms in total. The molecular weight excluding hydrogens is 349 g/mol. The summed E-state index contributed by atoms with van der Waals surface area (Å²) in [5.74, 6) is -1.41. The predicted molar refractivity (Wildman–Crippen MR) is 93.1 cm³/mol. The lowest BCUT2D eigenvalue weighted by molar-refractivity contribution is -0.123. The molecule has 1 saturated heterocycles. The number of hydrogen-bond donors (Lipinski definition) is 1. The van der Waals surface area contributed by atoms with Crippen LogP contribution < -0.4 is 5.43 Å². The molecule has 1 aromatic carbocycles. The van der Waals surface area contributed by atoms with Gasteiger partial charge in [0, 0.05) is 18.0 Å². The zero-order valence-corrected chi connectivity index (χ0v) is 13.7. The van der Waals surface area contributed by atoms with Gasteiger partial charge in [-0.25, -0.2) is 4.39 Å². The molecule has 0 bridgehead atoms. The first-order valence-electron chi connectivity index (χ1n) is 6.79. The van der Waals surface area contributed by atoms with E-state index in [1.807, 2.05) is 0 Å². The van der Waals surface area contributed by atoms with Crippen LogP contribution in [0.4, 0.5) is 4.39 Å². The fourth-order valence-corrected chi connectivity index (χ4v) is 3.12. The van der Waals surface area contributed by atoms with E-state index in [0.717, 1.165) is 22.3 Å². The van der Waals surface area contributed by atoms with Crippen molar-refractivity contribution in [2.75, 3.05) is 0 Å². The van der Waals surface area contributed by atoms with Gasteiger partial charge in [-0.1, -0.05) is 11.8 Å². The Morgan fingerprint density at radius 2 is 1.88 bits per heavy atom. The Kier molecular flexibility index (Phi) is 4.68.